The molecule has 104 valence electrons. The molecule has 0 aliphatic carbocycles. The summed E-state index contributed by atoms with van der Waals surface area (Å²) in [5.41, 5.74) is 2.46. The average molecular weight is 287 g/mol. The van der Waals surface area contributed by atoms with E-state index in [0.29, 0.717) is 5.25 Å². The number of hydrogen-bond acceptors (Lipinski definition) is 5. The molecular formula is C15H17N3OS. The summed E-state index contributed by atoms with van der Waals surface area (Å²) in [5.74, 6) is 3.12. The highest BCUT2D eigenvalue weighted by molar-refractivity contribution is 7.99. The number of anilines is 1. The van der Waals surface area contributed by atoms with Crippen LogP contribution in [0.3, 0.4) is 0 Å². The first-order valence-corrected chi connectivity index (χ1v) is 8.24. The Balaban J connectivity index is 1.65. The van der Waals surface area contributed by atoms with E-state index in [0.717, 1.165) is 24.7 Å². The molecule has 5 heteroatoms. The largest absolute Gasteiger partial charge is 0.385 e. The maximum Gasteiger partial charge on any atom is 0.234 e. The molecule has 0 radical (unpaired) electrons. The zero-order valence-corrected chi connectivity index (χ0v) is 12.0. The molecule has 2 aliphatic heterocycles. The van der Waals surface area contributed by atoms with Gasteiger partial charge in [-0.05, 0) is 36.6 Å². The Hall–Kier alpha value is -1.49. The summed E-state index contributed by atoms with van der Waals surface area (Å²) in [5, 5.41) is 8.08. The summed E-state index contributed by atoms with van der Waals surface area (Å²) in [7, 11) is 0. The molecule has 4 nitrogen and oxygen atoms in total. The van der Waals surface area contributed by atoms with Crippen LogP contribution in [0.1, 0.15) is 47.7 Å². The Bertz CT molecular complexity index is 607. The maximum absolute atomic E-state index is 5.57. The van der Waals surface area contributed by atoms with E-state index in [-0.39, 0.29) is 5.92 Å². The van der Waals surface area contributed by atoms with Gasteiger partial charge < -0.3 is 9.84 Å². The number of rotatable bonds is 2. The molecule has 0 amide bonds. The molecule has 1 N–H and O–H groups in total. The minimum Gasteiger partial charge on any atom is -0.385 e. The zero-order valence-electron chi connectivity index (χ0n) is 11.2. The van der Waals surface area contributed by atoms with Gasteiger partial charge in [0.15, 0.2) is 5.82 Å². The van der Waals surface area contributed by atoms with E-state index in [2.05, 4.69) is 39.7 Å². The maximum atomic E-state index is 5.57. The molecule has 2 atom stereocenters. The van der Waals surface area contributed by atoms with Gasteiger partial charge >= 0.3 is 0 Å². The zero-order chi connectivity index (χ0) is 13.4. The van der Waals surface area contributed by atoms with Gasteiger partial charge in [-0.25, -0.2) is 0 Å². The van der Waals surface area contributed by atoms with Crippen molar-refractivity contribution in [2.45, 2.75) is 30.4 Å². The molecule has 1 saturated heterocycles. The van der Waals surface area contributed by atoms with E-state index in [1.807, 2.05) is 11.8 Å². The molecule has 4 rings (SSSR count). The number of nitrogens with zero attached hydrogens (tertiary/aromatic N) is 2. The molecule has 0 saturated carbocycles. The molecular weight excluding hydrogens is 270 g/mol. The summed E-state index contributed by atoms with van der Waals surface area (Å²) < 4.78 is 5.57. The number of aromatic nitrogens is 2. The lowest BCUT2D eigenvalue weighted by atomic mass is 9.91. The number of fused-ring (bicyclic) bond motifs is 1. The topological polar surface area (TPSA) is 51.0 Å². The highest BCUT2D eigenvalue weighted by Crippen LogP contribution is 2.40. The first-order chi connectivity index (χ1) is 9.92. The van der Waals surface area contributed by atoms with Crippen LogP contribution in [0, 0.1) is 0 Å². The highest BCUT2D eigenvalue weighted by atomic mass is 32.2. The van der Waals surface area contributed by atoms with Gasteiger partial charge in [0.05, 0.1) is 11.2 Å². The molecule has 20 heavy (non-hydrogen) atoms. The molecule has 2 aliphatic rings. The van der Waals surface area contributed by atoms with Crippen molar-refractivity contribution in [1.29, 1.82) is 0 Å². The van der Waals surface area contributed by atoms with Gasteiger partial charge in [0, 0.05) is 12.2 Å². The molecule has 3 heterocycles. The molecule has 0 bridgehead atoms. The van der Waals surface area contributed by atoms with E-state index >= 15 is 0 Å². The standard InChI is InChI=1S/C15H17N3OS/c1-2-5-12-10(4-1)11(7-8-16-12)15-17-14(18-19-15)13-6-3-9-20-13/h1-2,4-5,11,13,16H,3,6-9H2. The Kier molecular flexibility index (Phi) is 3.14. The Morgan fingerprint density at radius 3 is 3.10 bits per heavy atom. The number of nitrogens with one attached hydrogen (secondary N) is 1. The number of thioether (sulfide) groups is 1. The predicted octanol–water partition coefficient (Wildman–Crippen LogP) is 3.59. The third-order valence-corrected chi connectivity index (χ3v) is 5.43. The molecule has 1 aromatic heterocycles. The Morgan fingerprint density at radius 1 is 1.25 bits per heavy atom. The van der Waals surface area contributed by atoms with Crippen LogP contribution in [0.4, 0.5) is 5.69 Å². The number of para-hydroxylation sites is 1. The van der Waals surface area contributed by atoms with Gasteiger partial charge in [-0.3, -0.25) is 0 Å². The van der Waals surface area contributed by atoms with Gasteiger partial charge in [-0.1, -0.05) is 23.4 Å². The Labute approximate surface area is 122 Å². The third-order valence-electron chi connectivity index (χ3n) is 4.06. The molecule has 0 spiro atoms. The lowest BCUT2D eigenvalue weighted by molar-refractivity contribution is 0.356. The van der Waals surface area contributed by atoms with Gasteiger partial charge in [-0.15, -0.1) is 0 Å². The van der Waals surface area contributed by atoms with Crippen LogP contribution in [-0.2, 0) is 0 Å². The quantitative estimate of drug-likeness (QED) is 0.915. The van der Waals surface area contributed by atoms with Crippen molar-refractivity contribution in [3.05, 3.63) is 41.5 Å². The second kappa shape index (κ2) is 5.13. The van der Waals surface area contributed by atoms with E-state index < -0.39 is 0 Å². The highest BCUT2D eigenvalue weighted by Gasteiger charge is 2.29. The second-order valence-corrected chi connectivity index (χ2v) is 6.66. The van der Waals surface area contributed by atoms with Crippen LogP contribution in [0.25, 0.3) is 0 Å². The SMILES string of the molecule is c1ccc2c(c1)NCCC2c1nc(C2CCCS2)no1. The van der Waals surface area contributed by atoms with Crippen molar-refractivity contribution in [1.82, 2.24) is 10.1 Å². The van der Waals surface area contributed by atoms with Crippen molar-refractivity contribution in [2.75, 3.05) is 17.6 Å². The van der Waals surface area contributed by atoms with Crippen LogP contribution < -0.4 is 5.32 Å². The summed E-state index contributed by atoms with van der Waals surface area (Å²) in [6.45, 7) is 0.956. The normalized spacial score (nSPS) is 25.2. The molecule has 2 unspecified atom stereocenters. The Morgan fingerprint density at radius 2 is 2.20 bits per heavy atom. The van der Waals surface area contributed by atoms with E-state index in [1.165, 1.54) is 29.8 Å². The van der Waals surface area contributed by atoms with Gasteiger partial charge in [0.1, 0.15) is 0 Å². The number of hydrogen-bond donors (Lipinski definition) is 1. The van der Waals surface area contributed by atoms with Gasteiger partial charge in [0.2, 0.25) is 5.89 Å². The van der Waals surface area contributed by atoms with E-state index in [4.69, 9.17) is 4.52 Å². The van der Waals surface area contributed by atoms with Crippen molar-refractivity contribution in [2.24, 2.45) is 0 Å². The van der Waals surface area contributed by atoms with Crippen molar-refractivity contribution in [3.8, 4) is 0 Å². The van der Waals surface area contributed by atoms with Crippen LogP contribution in [0.5, 0.6) is 0 Å². The average Bonchev–Trinajstić information content (AvgIpc) is 3.17. The van der Waals surface area contributed by atoms with Crippen molar-refractivity contribution in [3.63, 3.8) is 0 Å². The summed E-state index contributed by atoms with van der Waals surface area (Å²) >= 11 is 1.94. The second-order valence-electron chi connectivity index (χ2n) is 5.35. The summed E-state index contributed by atoms with van der Waals surface area (Å²) in [6.07, 6.45) is 3.44. The van der Waals surface area contributed by atoms with Gasteiger partial charge in [0.25, 0.3) is 0 Å². The fraction of sp³-hybridized carbons (Fsp3) is 0.467. The van der Waals surface area contributed by atoms with Gasteiger partial charge in [-0.2, -0.15) is 16.7 Å². The van der Waals surface area contributed by atoms with Crippen LogP contribution in [0.2, 0.25) is 0 Å². The first kappa shape index (κ1) is 12.3. The number of benzene rings is 1. The summed E-state index contributed by atoms with van der Waals surface area (Å²) in [6, 6.07) is 8.40. The minimum absolute atomic E-state index is 0.236. The monoisotopic (exact) mass is 287 g/mol. The van der Waals surface area contributed by atoms with Crippen LogP contribution in [-0.4, -0.2) is 22.4 Å². The molecule has 1 fully saturated rings. The van der Waals surface area contributed by atoms with Crippen LogP contribution >= 0.6 is 11.8 Å². The third kappa shape index (κ3) is 2.10. The lowest BCUT2D eigenvalue weighted by Gasteiger charge is -2.23. The predicted molar refractivity (Wildman–Crippen MR) is 80.1 cm³/mol. The lowest BCUT2D eigenvalue weighted by Crippen LogP contribution is -2.17. The van der Waals surface area contributed by atoms with E-state index in [1.54, 1.807) is 0 Å². The smallest absolute Gasteiger partial charge is 0.234 e. The van der Waals surface area contributed by atoms with E-state index in [9.17, 15) is 0 Å². The molecule has 2 aromatic rings. The van der Waals surface area contributed by atoms with Crippen LogP contribution in [0.15, 0.2) is 28.8 Å². The summed E-state index contributed by atoms with van der Waals surface area (Å²) in [4.78, 5) is 4.69. The van der Waals surface area contributed by atoms with Crippen molar-refractivity contribution >= 4 is 17.4 Å². The first-order valence-electron chi connectivity index (χ1n) is 7.20. The fourth-order valence-corrected chi connectivity index (χ4v) is 4.22. The minimum atomic E-state index is 0.236. The van der Waals surface area contributed by atoms with Crippen molar-refractivity contribution < 1.29 is 4.52 Å². The fourth-order valence-electron chi connectivity index (χ4n) is 3.03. The molecule has 1 aromatic carbocycles.